The molecule has 1 amide bonds. The van der Waals surface area contributed by atoms with Gasteiger partial charge in [0, 0.05) is 7.05 Å². The standard InChI is InChI=1S/C10H12N2O4/c1-12-16-9(13)8-4-2-7(3-5-8)6-15-10(11)14/h2-5,12H,6H2,1H3,(H2,11,14). The van der Waals surface area contributed by atoms with Gasteiger partial charge in [-0.15, -0.1) is 0 Å². The van der Waals surface area contributed by atoms with Crippen LogP contribution in [0.2, 0.25) is 0 Å². The summed E-state index contributed by atoms with van der Waals surface area (Å²) in [5.41, 5.74) is 8.24. The summed E-state index contributed by atoms with van der Waals surface area (Å²) in [4.78, 5) is 26.2. The van der Waals surface area contributed by atoms with Gasteiger partial charge in [-0.25, -0.2) is 9.59 Å². The zero-order chi connectivity index (χ0) is 12.0. The molecule has 3 N–H and O–H groups in total. The number of hydroxylamine groups is 1. The Morgan fingerprint density at radius 2 is 1.94 bits per heavy atom. The van der Waals surface area contributed by atoms with Crippen LogP contribution in [0.15, 0.2) is 24.3 Å². The lowest BCUT2D eigenvalue weighted by molar-refractivity contribution is 0.0310. The van der Waals surface area contributed by atoms with Crippen LogP contribution in [0, 0.1) is 0 Å². The van der Waals surface area contributed by atoms with Crippen molar-refractivity contribution in [2.75, 3.05) is 7.05 Å². The van der Waals surface area contributed by atoms with Crippen LogP contribution in [0.4, 0.5) is 4.79 Å². The summed E-state index contributed by atoms with van der Waals surface area (Å²) in [6.07, 6.45) is -0.835. The third-order valence-electron chi connectivity index (χ3n) is 1.77. The Balaban J connectivity index is 2.60. The summed E-state index contributed by atoms with van der Waals surface area (Å²) in [5.74, 6) is -0.482. The second kappa shape index (κ2) is 5.72. The van der Waals surface area contributed by atoms with Crippen LogP contribution in [0.3, 0.4) is 0 Å². The maximum Gasteiger partial charge on any atom is 0.404 e. The summed E-state index contributed by atoms with van der Waals surface area (Å²) in [7, 11) is 1.49. The van der Waals surface area contributed by atoms with Crippen molar-refractivity contribution >= 4 is 12.1 Å². The summed E-state index contributed by atoms with van der Waals surface area (Å²) in [6.45, 7) is 0.0800. The summed E-state index contributed by atoms with van der Waals surface area (Å²) in [5, 5.41) is 0. The van der Waals surface area contributed by atoms with Gasteiger partial charge in [-0.3, -0.25) is 0 Å². The molecule has 1 aromatic rings. The molecule has 86 valence electrons. The summed E-state index contributed by atoms with van der Waals surface area (Å²) >= 11 is 0. The van der Waals surface area contributed by atoms with E-state index in [0.29, 0.717) is 5.56 Å². The number of nitrogens with two attached hydrogens (primary N) is 1. The van der Waals surface area contributed by atoms with Crippen LogP contribution in [-0.4, -0.2) is 19.1 Å². The van der Waals surface area contributed by atoms with Gasteiger partial charge in [0.15, 0.2) is 0 Å². The largest absolute Gasteiger partial charge is 0.445 e. The van der Waals surface area contributed by atoms with E-state index in [0.717, 1.165) is 5.56 Å². The lowest BCUT2D eigenvalue weighted by Crippen LogP contribution is -2.15. The predicted molar refractivity (Wildman–Crippen MR) is 55.3 cm³/mol. The van der Waals surface area contributed by atoms with Gasteiger partial charge >= 0.3 is 12.1 Å². The molecule has 0 aromatic heterocycles. The third-order valence-corrected chi connectivity index (χ3v) is 1.77. The minimum Gasteiger partial charge on any atom is -0.445 e. The molecular weight excluding hydrogens is 212 g/mol. The highest BCUT2D eigenvalue weighted by Gasteiger charge is 2.06. The van der Waals surface area contributed by atoms with Gasteiger partial charge in [0.05, 0.1) is 5.56 Å². The van der Waals surface area contributed by atoms with E-state index in [1.807, 2.05) is 0 Å². The molecule has 0 saturated heterocycles. The molecule has 0 radical (unpaired) electrons. The fourth-order valence-electron chi connectivity index (χ4n) is 1.04. The molecule has 0 aliphatic carbocycles. The van der Waals surface area contributed by atoms with Crippen molar-refractivity contribution in [3.8, 4) is 0 Å². The van der Waals surface area contributed by atoms with Crippen LogP contribution in [0.1, 0.15) is 15.9 Å². The van der Waals surface area contributed by atoms with Gasteiger partial charge in [0.2, 0.25) is 0 Å². The van der Waals surface area contributed by atoms with E-state index in [1.54, 1.807) is 24.3 Å². The fraction of sp³-hybridized carbons (Fsp3) is 0.200. The Morgan fingerprint density at radius 3 is 2.44 bits per heavy atom. The Kier molecular flexibility index (Phi) is 4.28. The molecule has 16 heavy (non-hydrogen) atoms. The summed E-state index contributed by atoms with van der Waals surface area (Å²) in [6, 6.07) is 6.43. The number of primary amides is 1. The predicted octanol–water partition coefficient (Wildman–Crippen LogP) is 0.573. The third kappa shape index (κ3) is 3.58. The van der Waals surface area contributed by atoms with Crippen molar-refractivity contribution in [3.63, 3.8) is 0 Å². The number of ether oxygens (including phenoxy) is 1. The Morgan fingerprint density at radius 1 is 1.31 bits per heavy atom. The average molecular weight is 224 g/mol. The van der Waals surface area contributed by atoms with Gasteiger partial charge in [0.1, 0.15) is 6.61 Å². The van der Waals surface area contributed by atoms with Crippen molar-refractivity contribution in [2.24, 2.45) is 5.73 Å². The van der Waals surface area contributed by atoms with E-state index in [2.05, 4.69) is 15.1 Å². The number of carbonyl (C=O) groups excluding carboxylic acids is 2. The number of rotatable bonds is 4. The second-order valence-electron chi connectivity index (χ2n) is 2.90. The number of hydrogen-bond donors (Lipinski definition) is 2. The molecule has 6 heteroatoms. The Bertz CT molecular complexity index is 375. The van der Waals surface area contributed by atoms with E-state index in [4.69, 9.17) is 5.73 Å². The van der Waals surface area contributed by atoms with E-state index in [-0.39, 0.29) is 6.61 Å². The van der Waals surface area contributed by atoms with Gasteiger partial charge in [-0.05, 0) is 17.7 Å². The molecule has 0 saturated carbocycles. The highest BCUT2D eigenvalue weighted by atomic mass is 16.7. The smallest absolute Gasteiger partial charge is 0.404 e. The van der Waals surface area contributed by atoms with Crippen LogP contribution < -0.4 is 11.2 Å². The highest BCUT2D eigenvalue weighted by Crippen LogP contribution is 2.06. The van der Waals surface area contributed by atoms with Crippen molar-refractivity contribution in [2.45, 2.75) is 6.61 Å². The van der Waals surface area contributed by atoms with E-state index < -0.39 is 12.1 Å². The van der Waals surface area contributed by atoms with Gasteiger partial charge in [0.25, 0.3) is 0 Å². The SMILES string of the molecule is CNOC(=O)c1ccc(COC(N)=O)cc1. The lowest BCUT2D eigenvalue weighted by atomic mass is 10.1. The van der Waals surface area contributed by atoms with Crippen molar-refractivity contribution in [3.05, 3.63) is 35.4 Å². The quantitative estimate of drug-likeness (QED) is 0.730. The number of hydrogen-bond acceptors (Lipinski definition) is 5. The number of amides is 1. The monoisotopic (exact) mass is 224 g/mol. The fourth-order valence-corrected chi connectivity index (χ4v) is 1.04. The van der Waals surface area contributed by atoms with Crippen LogP contribution in [0.25, 0.3) is 0 Å². The molecule has 0 bridgehead atoms. The molecule has 1 aromatic carbocycles. The molecular formula is C10H12N2O4. The Labute approximate surface area is 92.3 Å². The van der Waals surface area contributed by atoms with Gasteiger partial charge in [-0.1, -0.05) is 12.1 Å². The molecule has 0 heterocycles. The summed E-state index contributed by atoms with van der Waals surface area (Å²) < 4.78 is 4.59. The van der Waals surface area contributed by atoms with Gasteiger partial charge < -0.3 is 15.3 Å². The van der Waals surface area contributed by atoms with Crippen molar-refractivity contribution in [1.29, 1.82) is 0 Å². The molecule has 6 nitrogen and oxygen atoms in total. The maximum absolute atomic E-state index is 11.2. The van der Waals surface area contributed by atoms with E-state index in [9.17, 15) is 9.59 Å². The minimum atomic E-state index is -0.835. The van der Waals surface area contributed by atoms with Crippen LogP contribution in [0.5, 0.6) is 0 Å². The van der Waals surface area contributed by atoms with E-state index in [1.165, 1.54) is 7.05 Å². The normalized spacial score (nSPS) is 9.56. The molecule has 0 atom stereocenters. The van der Waals surface area contributed by atoms with Crippen molar-refractivity contribution in [1.82, 2.24) is 5.48 Å². The average Bonchev–Trinajstić information content (AvgIpc) is 2.27. The van der Waals surface area contributed by atoms with Crippen LogP contribution >= 0.6 is 0 Å². The van der Waals surface area contributed by atoms with Gasteiger partial charge in [-0.2, -0.15) is 5.48 Å². The topological polar surface area (TPSA) is 90.7 Å². The minimum absolute atomic E-state index is 0.0800. The zero-order valence-corrected chi connectivity index (χ0v) is 8.73. The van der Waals surface area contributed by atoms with Crippen LogP contribution in [-0.2, 0) is 16.2 Å². The highest BCUT2D eigenvalue weighted by molar-refractivity contribution is 5.89. The zero-order valence-electron chi connectivity index (χ0n) is 8.73. The Hall–Kier alpha value is -2.08. The number of benzene rings is 1. The second-order valence-corrected chi connectivity index (χ2v) is 2.90. The molecule has 0 aliphatic heterocycles. The van der Waals surface area contributed by atoms with Crippen molar-refractivity contribution < 1.29 is 19.2 Å². The maximum atomic E-state index is 11.2. The molecule has 1 rings (SSSR count). The lowest BCUT2D eigenvalue weighted by Gasteiger charge is -2.04. The molecule has 0 spiro atoms. The molecule has 0 unspecified atom stereocenters. The number of nitrogens with one attached hydrogen (secondary N) is 1. The first kappa shape index (κ1) is 12.0. The number of carbonyl (C=O) groups is 2. The first-order chi connectivity index (χ1) is 7.63. The molecule has 0 fully saturated rings. The molecule has 0 aliphatic rings. The first-order valence-electron chi connectivity index (χ1n) is 4.52. The van der Waals surface area contributed by atoms with E-state index >= 15 is 0 Å². The first-order valence-corrected chi connectivity index (χ1v) is 4.52.